The second kappa shape index (κ2) is 10.9. The molecule has 4 rings (SSSR count). The van der Waals surface area contributed by atoms with E-state index in [4.69, 9.17) is 0 Å². The summed E-state index contributed by atoms with van der Waals surface area (Å²) in [5.41, 5.74) is 1.53. The molecule has 1 aromatic heterocycles. The Bertz CT molecular complexity index is 701. The lowest BCUT2D eigenvalue weighted by Crippen LogP contribution is -2.60. The van der Waals surface area contributed by atoms with E-state index in [2.05, 4.69) is 61.2 Å². The van der Waals surface area contributed by atoms with Gasteiger partial charge in [0.25, 0.3) is 0 Å². The van der Waals surface area contributed by atoms with Crippen molar-refractivity contribution in [1.29, 1.82) is 0 Å². The van der Waals surface area contributed by atoms with Gasteiger partial charge in [-0.1, -0.05) is 25.3 Å². The molecule has 1 saturated carbocycles. The number of nitrogens with zero attached hydrogens (tertiary/aromatic N) is 4. The maximum absolute atomic E-state index is 4.60. The second-order valence-corrected chi connectivity index (χ2v) is 10.6. The van der Waals surface area contributed by atoms with Gasteiger partial charge in [-0.15, -0.1) is 0 Å². The van der Waals surface area contributed by atoms with E-state index in [0.717, 1.165) is 44.3 Å². The topological polar surface area (TPSA) is 55.8 Å². The van der Waals surface area contributed by atoms with Crippen molar-refractivity contribution in [3.63, 3.8) is 0 Å². The largest absolute Gasteiger partial charge is 0.356 e. The zero-order valence-corrected chi connectivity index (χ0v) is 20.2. The standard InChI is InChI=1S/C24H40N6S/c1-20-6-7-22(26-18-20)29-12-8-21(9-13-29)28-23(25-2)27-19-24(10-4-3-5-11-24)30-14-16-31-17-15-30/h6-7,18,21H,3-5,8-17,19H2,1-2H3,(H2,25,27,28). The molecular formula is C24H40N6S. The summed E-state index contributed by atoms with van der Waals surface area (Å²) < 4.78 is 0. The third-order valence-electron chi connectivity index (χ3n) is 7.33. The van der Waals surface area contributed by atoms with E-state index in [1.807, 2.05) is 13.2 Å². The molecule has 31 heavy (non-hydrogen) atoms. The first-order valence-electron chi connectivity index (χ1n) is 12.2. The molecular weight excluding hydrogens is 404 g/mol. The van der Waals surface area contributed by atoms with Crippen LogP contribution in [0.4, 0.5) is 5.82 Å². The van der Waals surface area contributed by atoms with Crippen LogP contribution in [0.15, 0.2) is 23.3 Å². The first-order valence-corrected chi connectivity index (χ1v) is 13.3. The summed E-state index contributed by atoms with van der Waals surface area (Å²) in [4.78, 5) is 14.4. The van der Waals surface area contributed by atoms with Crippen LogP contribution in [0.1, 0.15) is 50.5 Å². The van der Waals surface area contributed by atoms with E-state index in [-0.39, 0.29) is 0 Å². The Hall–Kier alpha value is -1.47. The molecule has 0 amide bonds. The molecule has 3 fully saturated rings. The van der Waals surface area contributed by atoms with E-state index in [0.29, 0.717) is 11.6 Å². The number of hydrogen-bond donors (Lipinski definition) is 2. The van der Waals surface area contributed by atoms with Gasteiger partial charge in [0.15, 0.2) is 5.96 Å². The van der Waals surface area contributed by atoms with E-state index in [1.165, 1.54) is 62.3 Å². The first-order chi connectivity index (χ1) is 15.2. The molecule has 0 unspecified atom stereocenters. The molecule has 6 nitrogen and oxygen atoms in total. The monoisotopic (exact) mass is 444 g/mol. The SMILES string of the molecule is CN=C(NCC1(N2CCSCC2)CCCCC1)NC1CCN(c2ccc(C)cn2)CC1. The van der Waals surface area contributed by atoms with Crippen molar-refractivity contribution in [3.8, 4) is 0 Å². The smallest absolute Gasteiger partial charge is 0.191 e. The Labute approximate surface area is 192 Å². The van der Waals surface area contributed by atoms with Gasteiger partial charge in [-0.05, 0) is 44.2 Å². The fourth-order valence-corrected chi connectivity index (χ4v) is 6.29. The van der Waals surface area contributed by atoms with Gasteiger partial charge in [0, 0.05) is 69.1 Å². The van der Waals surface area contributed by atoms with Gasteiger partial charge in [0.2, 0.25) is 0 Å². The normalized spacial score (nSPS) is 23.5. The molecule has 1 aliphatic carbocycles. The van der Waals surface area contributed by atoms with Gasteiger partial charge in [-0.2, -0.15) is 11.8 Å². The third kappa shape index (κ3) is 5.86. The molecule has 0 aromatic carbocycles. The van der Waals surface area contributed by atoms with Crippen LogP contribution in [0, 0.1) is 6.92 Å². The summed E-state index contributed by atoms with van der Waals surface area (Å²) in [6.07, 6.45) is 11.0. The highest BCUT2D eigenvalue weighted by Gasteiger charge is 2.38. The molecule has 2 aliphatic heterocycles. The average molecular weight is 445 g/mol. The number of aryl methyl sites for hydroxylation is 1. The van der Waals surface area contributed by atoms with Gasteiger partial charge in [0.1, 0.15) is 5.82 Å². The van der Waals surface area contributed by atoms with E-state index >= 15 is 0 Å². The maximum atomic E-state index is 4.60. The van der Waals surface area contributed by atoms with Crippen molar-refractivity contribution in [2.24, 2.45) is 4.99 Å². The summed E-state index contributed by atoms with van der Waals surface area (Å²) in [7, 11) is 1.91. The van der Waals surface area contributed by atoms with E-state index in [9.17, 15) is 0 Å². The number of anilines is 1. The van der Waals surface area contributed by atoms with Crippen molar-refractivity contribution in [1.82, 2.24) is 20.5 Å². The van der Waals surface area contributed by atoms with Crippen LogP contribution >= 0.6 is 11.8 Å². The molecule has 7 heteroatoms. The lowest BCUT2D eigenvalue weighted by atomic mass is 9.80. The second-order valence-electron chi connectivity index (χ2n) is 9.41. The van der Waals surface area contributed by atoms with Crippen LogP contribution in [-0.4, -0.2) is 78.7 Å². The summed E-state index contributed by atoms with van der Waals surface area (Å²) in [5, 5.41) is 7.45. The molecule has 0 atom stereocenters. The van der Waals surface area contributed by atoms with Crippen molar-refractivity contribution < 1.29 is 0 Å². The molecule has 3 aliphatic rings. The quantitative estimate of drug-likeness (QED) is 0.537. The molecule has 2 N–H and O–H groups in total. The van der Waals surface area contributed by atoms with Crippen LogP contribution < -0.4 is 15.5 Å². The van der Waals surface area contributed by atoms with E-state index < -0.39 is 0 Å². The summed E-state index contributed by atoms with van der Waals surface area (Å²) in [5.74, 6) is 4.64. The van der Waals surface area contributed by atoms with Gasteiger partial charge in [0.05, 0.1) is 0 Å². The fourth-order valence-electron chi connectivity index (χ4n) is 5.39. The Balaban J connectivity index is 1.28. The van der Waals surface area contributed by atoms with Crippen LogP contribution in [0.5, 0.6) is 0 Å². The number of aromatic nitrogens is 1. The van der Waals surface area contributed by atoms with Crippen molar-refractivity contribution >= 4 is 23.5 Å². The fraction of sp³-hybridized carbons (Fsp3) is 0.750. The highest BCUT2D eigenvalue weighted by atomic mass is 32.2. The minimum atomic E-state index is 0.317. The number of rotatable bonds is 5. The Morgan fingerprint density at radius 1 is 1.13 bits per heavy atom. The summed E-state index contributed by atoms with van der Waals surface area (Å²) in [6.45, 7) is 7.67. The number of aliphatic imine (C=N–C) groups is 1. The molecule has 3 heterocycles. The van der Waals surface area contributed by atoms with Gasteiger partial charge in [-0.3, -0.25) is 9.89 Å². The number of pyridine rings is 1. The Kier molecular flexibility index (Phi) is 7.99. The highest BCUT2D eigenvalue weighted by Crippen LogP contribution is 2.34. The average Bonchev–Trinajstić information content (AvgIpc) is 2.84. The summed E-state index contributed by atoms with van der Waals surface area (Å²) in [6, 6.07) is 4.77. The van der Waals surface area contributed by atoms with Crippen LogP contribution in [0.2, 0.25) is 0 Å². The predicted molar refractivity (Wildman–Crippen MR) is 133 cm³/mol. The minimum absolute atomic E-state index is 0.317. The molecule has 2 saturated heterocycles. The minimum Gasteiger partial charge on any atom is -0.356 e. The van der Waals surface area contributed by atoms with Gasteiger partial charge < -0.3 is 15.5 Å². The third-order valence-corrected chi connectivity index (χ3v) is 8.27. The molecule has 0 spiro atoms. The zero-order valence-electron chi connectivity index (χ0n) is 19.4. The summed E-state index contributed by atoms with van der Waals surface area (Å²) >= 11 is 2.11. The van der Waals surface area contributed by atoms with Crippen molar-refractivity contribution in [2.75, 3.05) is 56.2 Å². The molecule has 172 valence electrons. The lowest BCUT2D eigenvalue weighted by Gasteiger charge is -2.48. The predicted octanol–water partition coefficient (Wildman–Crippen LogP) is 3.28. The van der Waals surface area contributed by atoms with Crippen LogP contribution in [0.25, 0.3) is 0 Å². The van der Waals surface area contributed by atoms with E-state index in [1.54, 1.807) is 0 Å². The van der Waals surface area contributed by atoms with Crippen LogP contribution in [-0.2, 0) is 0 Å². The molecule has 0 bridgehead atoms. The number of piperidine rings is 1. The number of hydrogen-bond acceptors (Lipinski definition) is 5. The van der Waals surface area contributed by atoms with Crippen LogP contribution in [0.3, 0.4) is 0 Å². The maximum Gasteiger partial charge on any atom is 0.191 e. The van der Waals surface area contributed by atoms with Crippen molar-refractivity contribution in [3.05, 3.63) is 23.9 Å². The molecule has 0 radical (unpaired) electrons. The molecule has 1 aromatic rings. The van der Waals surface area contributed by atoms with Crippen molar-refractivity contribution in [2.45, 2.75) is 63.5 Å². The first kappa shape index (κ1) is 22.7. The number of thioether (sulfide) groups is 1. The number of guanidine groups is 1. The zero-order chi connectivity index (χ0) is 21.5. The lowest BCUT2D eigenvalue weighted by molar-refractivity contribution is 0.0625. The Morgan fingerprint density at radius 2 is 1.87 bits per heavy atom. The van der Waals surface area contributed by atoms with Gasteiger partial charge in [-0.25, -0.2) is 4.98 Å². The highest BCUT2D eigenvalue weighted by molar-refractivity contribution is 7.99. The Morgan fingerprint density at radius 3 is 2.52 bits per heavy atom. The van der Waals surface area contributed by atoms with Gasteiger partial charge >= 0.3 is 0 Å². The number of nitrogens with one attached hydrogen (secondary N) is 2.